The molecule has 0 saturated carbocycles. The van der Waals surface area contributed by atoms with Crippen LogP contribution in [0.3, 0.4) is 0 Å². The van der Waals surface area contributed by atoms with Gasteiger partial charge in [-0.1, -0.05) is 26.0 Å². The fourth-order valence-corrected chi connectivity index (χ4v) is 4.50. The maximum Gasteiger partial charge on any atom is 0.238 e. The summed E-state index contributed by atoms with van der Waals surface area (Å²) in [6, 6.07) is 6.67. The van der Waals surface area contributed by atoms with Crippen molar-refractivity contribution in [3.63, 3.8) is 0 Å². The van der Waals surface area contributed by atoms with Crippen LogP contribution in [-0.2, 0) is 16.6 Å². The molecule has 3 N–H and O–H groups in total. The molecule has 0 spiro atoms. The van der Waals surface area contributed by atoms with Crippen molar-refractivity contribution in [2.75, 3.05) is 25.9 Å². The second-order valence-corrected chi connectivity index (χ2v) is 9.10. The molecule has 1 fully saturated rings. The number of nitrogens with zero attached hydrogens (tertiary/aromatic N) is 2. The summed E-state index contributed by atoms with van der Waals surface area (Å²) in [5.41, 5.74) is 0.856. The smallest absolute Gasteiger partial charge is 0.238 e. The van der Waals surface area contributed by atoms with Crippen LogP contribution in [0.1, 0.15) is 19.4 Å². The number of hydrogen-bond acceptors (Lipinski definition) is 4. The molecule has 0 aliphatic carbocycles. The van der Waals surface area contributed by atoms with E-state index in [1.165, 1.54) is 6.07 Å². The summed E-state index contributed by atoms with van der Waals surface area (Å²) in [6.45, 7) is 6.93. The fourth-order valence-electron chi connectivity index (χ4n) is 2.62. The summed E-state index contributed by atoms with van der Waals surface area (Å²) >= 11 is 2.02. The largest absolute Gasteiger partial charge is 0.352 e. The zero-order valence-electron chi connectivity index (χ0n) is 14.4. The Hall–Kier alpha value is -1.25. The van der Waals surface area contributed by atoms with Crippen LogP contribution in [0.4, 0.5) is 0 Å². The van der Waals surface area contributed by atoms with Crippen molar-refractivity contribution in [1.82, 2.24) is 10.2 Å². The minimum Gasteiger partial charge on any atom is -0.352 e. The van der Waals surface area contributed by atoms with E-state index in [1.54, 1.807) is 19.2 Å². The van der Waals surface area contributed by atoms with Gasteiger partial charge in [-0.25, -0.2) is 13.6 Å². The van der Waals surface area contributed by atoms with Gasteiger partial charge in [-0.05, 0) is 23.6 Å². The highest BCUT2D eigenvalue weighted by molar-refractivity contribution is 8.00. The van der Waals surface area contributed by atoms with Crippen LogP contribution in [-0.4, -0.2) is 50.4 Å². The van der Waals surface area contributed by atoms with Crippen molar-refractivity contribution in [3.05, 3.63) is 29.8 Å². The molecule has 1 aromatic rings. The molecule has 0 aromatic heterocycles. The molecule has 0 radical (unpaired) electrons. The Bertz CT molecular complexity index is 689. The van der Waals surface area contributed by atoms with Gasteiger partial charge in [0.05, 0.1) is 4.90 Å². The van der Waals surface area contributed by atoms with E-state index < -0.39 is 10.0 Å². The highest BCUT2D eigenvalue weighted by Gasteiger charge is 2.24. The molecule has 0 amide bonds. The van der Waals surface area contributed by atoms with Crippen molar-refractivity contribution < 1.29 is 8.42 Å². The van der Waals surface area contributed by atoms with Gasteiger partial charge in [0, 0.05) is 37.7 Å². The van der Waals surface area contributed by atoms with Crippen LogP contribution >= 0.6 is 11.8 Å². The maximum absolute atomic E-state index is 11.4. The fraction of sp³-hybridized carbons (Fsp3) is 0.562. The summed E-state index contributed by atoms with van der Waals surface area (Å²) < 4.78 is 22.9. The molecule has 1 aliphatic heterocycles. The molecular weight excluding hydrogens is 344 g/mol. The van der Waals surface area contributed by atoms with E-state index in [1.807, 2.05) is 17.8 Å². The number of nitrogens with two attached hydrogens (primary N) is 1. The summed E-state index contributed by atoms with van der Waals surface area (Å²) in [7, 11) is -1.90. The molecule has 2 rings (SSSR count). The number of sulfonamides is 1. The average molecular weight is 371 g/mol. The van der Waals surface area contributed by atoms with Gasteiger partial charge in [0.15, 0.2) is 5.96 Å². The van der Waals surface area contributed by atoms with Crippen molar-refractivity contribution in [2.24, 2.45) is 16.0 Å². The van der Waals surface area contributed by atoms with E-state index in [0.717, 1.165) is 30.4 Å². The number of nitrogens with one attached hydrogen (secondary N) is 1. The Labute approximate surface area is 149 Å². The second-order valence-electron chi connectivity index (χ2n) is 6.19. The zero-order valence-corrected chi connectivity index (χ0v) is 16.0. The van der Waals surface area contributed by atoms with Gasteiger partial charge in [-0.3, -0.25) is 4.99 Å². The van der Waals surface area contributed by atoms with E-state index in [-0.39, 0.29) is 4.90 Å². The normalized spacial score (nSPS) is 19.6. The topological polar surface area (TPSA) is 87.8 Å². The zero-order chi connectivity index (χ0) is 17.7. The van der Waals surface area contributed by atoms with Crippen molar-refractivity contribution in [1.29, 1.82) is 0 Å². The molecule has 8 heteroatoms. The number of rotatable bonds is 4. The van der Waals surface area contributed by atoms with Crippen LogP contribution in [0.2, 0.25) is 0 Å². The number of aliphatic imine (C=N–C) groups is 1. The van der Waals surface area contributed by atoms with Crippen molar-refractivity contribution in [3.8, 4) is 0 Å². The van der Waals surface area contributed by atoms with Crippen LogP contribution < -0.4 is 10.5 Å². The van der Waals surface area contributed by atoms with Gasteiger partial charge in [0.2, 0.25) is 10.0 Å². The molecule has 1 atom stereocenters. The molecule has 1 saturated heterocycles. The van der Waals surface area contributed by atoms with Gasteiger partial charge < -0.3 is 10.2 Å². The van der Waals surface area contributed by atoms with Gasteiger partial charge >= 0.3 is 0 Å². The number of benzene rings is 1. The number of thioether (sulfide) groups is 1. The third-order valence-electron chi connectivity index (χ3n) is 4.03. The van der Waals surface area contributed by atoms with Crippen LogP contribution in [0, 0.1) is 5.92 Å². The van der Waals surface area contributed by atoms with Gasteiger partial charge in [0.25, 0.3) is 0 Å². The summed E-state index contributed by atoms with van der Waals surface area (Å²) in [4.78, 5) is 6.77. The number of guanidine groups is 1. The lowest BCUT2D eigenvalue weighted by molar-refractivity contribution is 0.380. The first-order chi connectivity index (χ1) is 11.3. The Morgan fingerprint density at radius 2 is 2.25 bits per heavy atom. The highest BCUT2D eigenvalue weighted by Crippen LogP contribution is 2.24. The number of hydrogen-bond donors (Lipinski definition) is 2. The first-order valence-corrected chi connectivity index (χ1v) is 10.6. The van der Waals surface area contributed by atoms with Crippen LogP contribution in [0.5, 0.6) is 0 Å². The van der Waals surface area contributed by atoms with Gasteiger partial charge in [-0.2, -0.15) is 11.8 Å². The Kier molecular flexibility index (Phi) is 6.54. The third kappa shape index (κ3) is 5.12. The average Bonchev–Trinajstić information content (AvgIpc) is 2.55. The summed E-state index contributed by atoms with van der Waals surface area (Å²) in [5, 5.41) is 9.11. The maximum atomic E-state index is 11.4. The minimum absolute atomic E-state index is 0.131. The molecule has 6 nitrogen and oxygen atoms in total. The first kappa shape index (κ1) is 19.1. The molecule has 1 unspecified atom stereocenters. The van der Waals surface area contributed by atoms with Gasteiger partial charge in [0.1, 0.15) is 0 Å². The van der Waals surface area contributed by atoms with Crippen LogP contribution in [0.15, 0.2) is 34.2 Å². The molecular formula is C16H26N4O2S2. The highest BCUT2D eigenvalue weighted by atomic mass is 32.2. The lowest BCUT2D eigenvalue weighted by Gasteiger charge is -2.36. The quantitative estimate of drug-likeness (QED) is 0.619. The minimum atomic E-state index is -3.68. The van der Waals surface area contributed by atoms with Crippen molar-refractivity contribution >= 4 is 27.7 Å². The lowest BCUT2D eigenvalue weighted by atomic mass is 10.1. The second kappa shape index (κ2) is 8.22. The molecule has 24 heavy (non-hydrogen) atoms. The molecule has 1 aromatic carbocycles. The Balaban J connectivity index is 2.02. The molecule has 1 aliphatic rings. The predicted octanol–water partition coefficient (Wildman–Crippen LogP) is 1.48. The van der Waals surface area contributed by atoms with E-state index in [2.05, 4.69) is 29.1 Å². The lowest BCUT2D eigenvalue weighted by Crippen LogP contribution is -2.48. The Morgan fingerprint density at radius 1 is 1.50 bits per heavy atom. The van der Waals surface area contributed by atoms with Crippen LogP contribution in [0.25, 0.3) is 0 Å². The SMILES string of the molecule is CN=C(NCc1cccc(S(N)(=O)=O)c1)N1CCSC(C(C)C)C1. The van der Waals surface area contributed by atoms with Gasteiger partial charge in [-0.15, -0.1) is 0 Å². The van der Waals surface area contributed by atoms with Crippen molar-refractivity contribution in [2.45, 2.75) is 30.5 Å². The molecule has 1 heterocycles. The Morgan fingerprint density at radius 3 is 2.88 bits per heavy atom. The summed E-state index contributed by atoms with van der Waals surface area (Å²) in [6.07, 6.45) is 0. The standard InChI is InChI=1S/C16H26N4O2S2/c1-12(2)15-11-20(7-8-23-15)16(18-3)19-10-13-5-4-6-14(9-13)24(17,21)22/h4-6,9,12,15H,7-8,10-11H2,1-3H3,(H,18,19)(H2,17,21,22). The van der Waals surface area contributed by atoms with E-state index in [0.29, 0.717) is 17.7 Å². The molecule has 0 bridgehead atoms. The van der Waals surface area contributed by atoms with E-state index >= 15 is 0 Å². The third-order valence-corrected chi connectivity index (χ3v) is 6.48. The predicted molar refractivity (Wildman–Crippen MR) is 101 cm³/mol. The first-order valence-electron chi connectivity index (χ1n) is 8.00. The summed E-state index contributed by atoms with van der Waals surface area (Å²) in [5.74, 6) is 2.56. The monoisotopic (exact) mass is 370 g/mol. The van der Waals surface area contributed by atoms with E-state index in [9.17, 15) is 8.42 Å². The van der Waals surface area contributed by atoms with E-state index in [4.69, 9.17) is 5.14 Å². The molecule has 134 valence electrons. The number of primary sulfonamides is 1.